The summed E-state index contributed by atoms with van der Waals surface area (Å²) in [7, 11) is -3.70. The zero-order valence-electron chi connectivity index (χ0n) is 17.0. The van der Waals surface area contributed by atoms with Crippen LogP contribution >= 0.6 is 11.8 Å². The van der Waals surface area contributed by atoms with Crippen LogP contribution in [0.3, 0.4) is 0 Å². The quantitative estimate of drug-likeness (QED) is 0.494. The van der Waals surface area contributed by atoms with Gasteiger partial charge in [-0.1, -0.05) is 35.4 Å². The number of thioether (sulfide) groups is 1. The molecule has 1 amide bonds. The highest BCUT2D eigenvalue weighted by molar-refractivity contribution is 8.00. The SMILES string of the molecule is Cc1ccc(NS(=O)(=O)c2ccc(NC(=O)[C@@H](C)Sc3ccc(C)cc3)cc2)cc1. The van der Waals surface area contributed by atoms with Crippen LogP contribution in [0.2, 0.25) is 0 Å². The first-order chi connectivity index (χ1) is 14.2. The predicted octanol–water partition coefficient (Wildman–Crippen LogP) is 5.22. The molecule has 0 bridgehead atoms. The van der Waals surface area contributed by atoms with E-state index in [-0.39, 0.29) is 16.1 Å². The zero-order valence-corrected chi connectivity index (χ0v) is 18.7. The highest BCUT2D eigenvalue weighted by Gasteiger charge is 2.17. The van der Waals surface area contributed by atoms with Crippen molar-refractivity contribution < 1.29 is 13.2 Å². The van der Waals surface area contributed by atoms with Gasteiger partial charge in [-0.3, -0.25) is 9.52 Å². The lowest BCUT2D eigenvalue weighted by atomic mass is 10.2. The van der Waals surface area contributed by atoms with Crippen LogP contribution in [0.4, 0.5) is 11.4 Å². The first-order valence-corrected chi connectivity index (χ1v) is 11.8. The Kier molecular flexibility index (Phi) is 6.84. The molecule has 0 unspecified atom stereocenters. The first-order valence-electron chi connectivity index (χ1n) is 9.47. The fraction of sp³-hybridized carbons (Fsp3) is 0.174. The molecule has 30 heavy (non-hydrogen) atoms. The van der Waals surface area contributed by atoms with E-state index in [1.165, 1.54) is 29.5 Å². The van der Waals surface area contributed by atoms with Crippen molar-refractivity contribution in [3.8, 4) is 0 Å². The molecule has 7 heteroatoms. The number of aryl methyl sites for hydroxylation is 2. The standard InChI is InChI=1S/C23H24N2O3S2/c1-16-4-8-20(9-5-16)25-30(27,28)22-14-10-19(11-15-22)24-23(26)18(3)29-21-12-6-17(2)7-13-21/h4-15,18,25H,1-3H3,(H,24,26)/t18-/m1/s1. The highest BCUT2D eigenvalue weighted by atomic mass is 32.2. The molecule has 0 saturated carbocycles. The normalized spacial score (nSPS) is 12.2. The summed E-state index contributed by atoms with van der Waals surface area (Å²) in [5, 5.41) is 2.54. The maximum Gasteiger partial charge on any atom is 0.261 e. The van der Waals surface area contributed by atoms with Gasteiger partial charge in [0.1, 0.15) is 0 Å². The smallest absolute Gasteiger partial charge is 0.261 e. The number of carbonyl (C=O) groups excluding carboxylic acids is 1. The van der Waals surface area contributed by atoms with Gasteiger partial charge in [0.05, 0.1) is 10.1 Å². The molecule has 0 aliphatic rings. The Morgan fingerprint density at radius 3 is 1.87 bits per heavy atom. The molecular weight excluding hydrogens is 416 g/mol. The van der Waals surface area contributed by atoms with Crippen LogP contribution < -0.4 is 10.0 Å². The summed E-state index contributed by atoms with van der Waals surface area (Å²) in [5.41, 5.74) is 3.27. The van der Waals surface area contributed by atoms with Crippen LogP contribution in [0, 0.1) is 13.8 Å². The van der Waals surface area contributed by atoms with Crippen LogP contribution in [0.5, 0.6) is 0 Å². The summed E-state index contributed by atoms with van der Waals surface area (Å²) in [6.07, 6.45) is 0. The van der Waals surface area contributed by atoms with Crippen molar-refractivity contribution in [2.45, 2.75) is 35.8 Å². The van der Waals surface area contributed by atoms with Crippen LogP contribution in [0.1, 0.15) is 18.1 Å². The number of nitrogens with one attached hydrogen (secondary N) is 2. The molecule has 0 heterocycles. The maximum absolute atomic E-state index is 12.6. The van der Waals surface area contributed by atoms with Gasteiger partial charge in [-0.15, -0.1) is 11.8 Å². The van der Waals surface area contributed by atoms with Crippen molar-refractivity contribution in [1.29, 1.82) is 0 Å². The Labute approximate surface area is 182 Å². The number of hydrogen-bond acceptors (Lipinski definition) is 4. The molecule has 0 aromatic heterocycles. The molecule has 2 N–H and O–H groups in total. The van der Waals surface area contributed by atoms with Gasteiger partial charge in [0.25, 0.3) is 10.0 Å². The zero-order chi connectivity index (χ0) is 21.7. The Hall–Kier alpha value is -2.77. The minimum absolute atomic E-state index is 0.128. The van der Waals surface area contributed by atoms with Gasteiger partial charge in [-0.2, -0.15) is 0 Å². The fourth-order valence-corrected chi connectivity index (χ4v) is 4.60. The van der Waals surface area contributed by atoms with Gasteiger partial charge < -0.3 is 5.32 Å². The van der Waals surface area contributed by atoms with Gasteiger partial charge in [0, 0.05) is 16.3 Å². The van der Waals surface area contributed by atoms with Gasteiger partial charge in [0.2, 0.25) is 5.91 Å². The predicted molar refractivity (Wildman–Crippen MR) is 124 cm³/mol. The molecule has 3 aromatic carbocycles. The van der Waals surface area contributed by atoms with Gasteiger partial charge in [-0.25, -0.2) is 8.42 Å². The first kappa shape index (κ1) is 21.9. The second kappa shape index (κ2) is 9.36. The van der Waals surface area contributed by atoms with E-state index in [4.69, 9.17) is 0 Å². The van der Waals surface area contributed by atoms with E-state index < -0.39 is 10.0 Å². The topological polar surface area (TPSA) is 75.3 Å². The molecule has 0 spiro atoms. The molecule has 3 rings (SSSR count). The lowest BCUT2D eigenvalue weighted by Gasteiger charge is -2.13. The summed E-state index contributed by atoms with van der Waals surface area (Å²) < 4.78 is 27.7. The molecule has 156 valence electrons. The highest BCUT2D eigenvalue weighted by Crippen LogP contribution is 2.25. The fourth-order valence-electron chi connectivity index (χ4n) is 2.67. The van der Waals surface area contributed by atoms with Crippen LogP contribution in [0.15, 0.2) is 82.6 Å². The minimum atomic E-state index is -3.70. The van der Waals surface area contributed by atoms with Gasteiger partial charge >= 0.3 is 0 Å². The summed E-state index contributed by atoms with van der Waals surface area (Å²) in [6, 6.07) is 21.2. The van der Waals surface area contributed by atoms with E-state index in [2.05, 4.69) is 10.0 Å². The van der Waals surface area contributed by atoms with Crippen molar-refractivity contribution in [2.75, 3.05) is 10.0 Å². The summed E-state index contributed by atoms with van der Waals surface area (Å²) >= 11 is 1.47. The van der Waals surface area contributed by atoms with Gasteiger partial charge in [0.15, 0.2) is 0 Å². The average Bonchev–Trinajstić information content (AvgIpc) is 2.71. The Balaban J connectivity index is 1.62. The number of benzene rings is 3. The number of carbonyl (C=O) groups is 1. The second-order valence-corrected chi connectivity index (χ2v) is 10.2. The Morgan fingerprint density at radius 1 is 0.800 bits per heavy atom. The van der Waals surface area contributed by atoms with Crippen LogP contribution in [-0.2, 0) is 14.8 Å². The van der Waals surface area contributed by atoms with E-state index in [0.29, 0.717) is 11.4 Å². The molecule has 0 aliphatic carbocycles. The van der Waals surface area contributed by atoms with E-state index >= 15 is 0 Å². The van der Waals surface area contributed by atoms with Crippen molar-refractivity contribution in [2.24, 2.45) is 0 Å². The Morgan fingerprint density at radius 2 is 1.30 bits per heavy atom. The molecule has 1 atom stereocenters. The maximum atomic E-state index is 12.6. The molecule has 5 nitrogen and oxygen atoms in total. The summed E-state index contributed by atoms with van der Waals surface area (Å²) in [6.45, 7) is 5.79. The second-order valence-electron chi connectivity index (χ2n) is 7.06. The van der Waals surface area contributed by atoms with E-state index in [1.54, 1.807) is 24.3 Å². The monoisotopic (exact) mass is 440 g/mol. The van der Waals surface area contributed by atoms with Crippen molar-refractivity contribution in [3.63, 3.8) is 0 Å². The van der Waals surface area contributed by atoms with Crippen LogP contribution in [-0.4, -0.2) is 19.6 Å². The van der Waals surface area contributed by atoms with E-state index in [9.17, 15) is 13.2 Å². The lowest BCUT2D eigenvalue weighted by molar-refractivity contribution is -0.115. The Bertz CT molecular complexity index is 1110. The average molecular weight is 441 g/mol. The molecule has 0 fully saturated rings. The minimum Gasteiger partial charge on any atom is -0.325 e. The third kappa shape index (κ3) is 5.87. The molecular formula is C23H24N2O3S2. The third-order valence-electron chi connectivity index (χ3n) is 4.44. The van der Waals surface area contributed by atoms with Gasteiger partial charge in [-0.05, 0) is 69.3 Å². The summed E-state index contributed by atoms with van der Waals surface area (Å²) in [4.78, 5) is 13.6. The number of hydrogen-bond donors (Lipinski definition) is 2. The van der Waals surface area contributed by atoms with Crippen LogP contribution in [0.25, 0.3) is 0 Å². The lowest BCUT2D eigenvalue weighted by Crippen LogP contribution is -2.22. The van der Waals surface area contributed by atoms with E-state index in [0.717, 1.165) is 10.5 Å². The van der Waals surface area contributed by atoms with Crippen molar-refractivity contribution >= 4 is 39.1 Å². The summed E-state index contributed by atoms with van der Waals surface area (Å²) in [5.74, 6) is -0.144. The molecule has 3 aromatic rings. The number of amides is 1. The molecule has 0 saturated heterocycles. The molecule has 0 aliphatic heterocycles. The number of rotatable bonds is 7. The third-order valence-corrected chi connectivity index (χ3v) is 6.95. The van der Waals surface area contributed by atoms with Crippen molar-refractivity contribution in [1.82, 2.24) is 0 Å². The largest absolute Gasteiger partial charge is 0.325 e. The molecule has 0 radical (unpaired) electrons. The number of anilines is 2. The van der Waals surface area contributed by atoms with Crippen molar-refractivity contribution in [3.05, 3.63) is 83.9 Å². The number of sulfonamides is 1. The van der Waals surface area contributed by atoms with E-state index in [1.807, 2.05) is 57.2 Å².